The van der Waals surface area contributed by atoms with Crippen LogP contribution >= 0.6 is 98.8 Å². The number of thiophene rings is 2. The lowest BCUT2D eigenvalue weighted by Crippen LogP contribution is -2.27. The van der Waals surface area contributed by atoms with Gasteiger partial charge in [-0.1, -0.05) is 0 Å². The van der Waals surface area contributed by atoms with Gasteiger partial charge in [0.1, 0.15) is 16.4 Å². The first-order valence-electron chi connectivity index (χ1n) is 8.46. The molecule has 182 valence electrons. The van der Waals surface area contributed by atoms with E-state index < -0.39 is 13.1 Å². The fourth-order valence-corrected chi connectivity index (χ4v) is 5.03. The van der Waals surface area contributed by atoms with Crippen LogP contribution in [0, 0.1) is 0 Å². The van der Waals surface area contributed by atoms with Crippen molar-refractivity contribution in [3.63, 3.8) is 0 Å². The third-order valence-corrected chi connectivity index (χ3v) is 9.01. The Labute approximate surface area is 234 Å². The largest absolute Gasteiger partial charge is 0.477 e. The lowest BCUT2D eigenvalue weighted by atomic mass is 10.4. The van der Waals surface area contributed by atoms with Crippen LogP contribution < -0.4 is 11.1 Å². The molecular weight excluding hydrogens is 750 g/mol. The van der Waals surface area contributed by atoms with Crippen molar-refractivity contribution in [2.75, 3.05) is 20.2 Å². The maximum Gasteiger partial charge on any atom is 0.345 e. The highest BCUT2D eigenvalue weighted by Crippen LogP contribution is 2.32. The summed E-state index contributed by atoms with van der Waals surface area (Å²) in [7, 11) is -1.00. The summed E-state index contributed by atoms with van der Waals surface area (Å²) in [4.78, 5) is 43.0. The van der Waals surface area contributed by atoms with Gasteiger partial charge in [0, 0.05) is 8.95 Å². The van der Waals surface area contributed by atoms with Crippen LogP contribution in [0.25, 0.3) is 0 Å². The summed E-state index contributed by atoms with van der Waals surface area (Å²) in [5.74, 6) is -1.15. The normalized spacial score (nSPS) is 9.19. The molecule has 4 N–H and O–H groups in total. The second kappa shape index (κ2) is 20.2. The van der Waals surface area contributed by atoms with E-state index in [1.807, 2.05) is 0 Å². The van der Waals surface area contributed by atoms with E-state index >= 15 is 0 Å². The van der Waals surface area contributed by atoms with Gasteiger partial charge in [-0.05, 0) is 89.7 Å². The van der Waals surface area contributed by atoms with Crippen molar-refractivity contribution in [3.05, 3.63) is 38.4 Å². The van der Waals surface area contributed by atoms with E-state index in [9.17, 15) is 23.6 Å². The van der Waals surface area contributed by atoms with Crippen LogP contribution in [0.15, 0.2) is 28.7 Å². The Hall–Kier alpha value is -0.220. The van der Waals surface area contributed by atoms with Crippen molar-refractivity contribution in [2.24, 2.45) is 5.73 Å². The molecule has 2 heterocycles. The second-order valence-corrected chi connectivity index (χ2v) is 11.5. The predicted molar refractivity (Wildman–Crippen MR) is 143 cm³/mol. The maximum atomic E-state index is 11.4. The van der Waals surface area contributed by atoms with E-state index in [1.54, 1.807) is 12.1 Å². The van der Waals surface area contributed by atoms with E-state index in [0.717, 1.165) is 16.5 Å². The number of carbonyl (C=O) groups excluding carboxylic acids is 3. The number of aromatic carboxylic acids is 1. The summed E-state index contributed by atoms with van der Waals surface area (Å²) in [5.41, 5.74) is 4.82. The average molecular weight is 772 g/mol. The molecule has 0 aliphatic rings. The van der Waals surface area contributed by atoms with Crippen LogP contribution in [0.1, 0.15) is 34.6 Å². The van der Waals surface area contributed by atoms with Gasteiger partial charge in [-0.3, -0.25) is 18.8 Å². The van der Waals surface area contributed by atoms with Gasteiger partial charge in [0.05, 0.1) is 34.1 Å². The number of alkyl halides is 1. The monoisotopic (exact) mass is 767 g/mol. The number of ketones is 2. The number of nitrogens with two attached hydrogens (primary N) is 1. The minimum Gasteiger partial charge on any atom is -0.477 e. The van der Waals surface area contributed by atoms with E-state index in [1.165, 1.54) is 36.5 Å². The molecule has 0 spiro atoms. The van der Waals surface area contributed by atoms with Gasteiger partial charge < -0.3 is 16.2 Å². The topological polar surface area (TPSA) is 127 Å². The van der Waals surface area contributed by atoms with Crippen molar-refractivity contribution < 1.29 is 30.0 Å². The van der Waals surface area contributed by atoms with Crippen LogP contribution in [0.2, 0.25) is 0 Å². The zero-order chi connectivity index (χ0) is 25.4. The maximum absolute atomic E-state index is 11.4. The summed E-state index contributed by atoms with van der Waals surface area (Å²) >= 11 is 15.5. The first-order chi connectivity index (χ1) is 14.8. The summed E-state index contributed by atoms with van der Waals surface area (Å²) in [6, 6.07) is 3.28. The molecule has 0 aromatic carbocycles. The summed E-state index contributed by atoms with van der Waals surface area (Å²) in [6.07, 6.45) is 0. The standard InChI is InChI=1S/C8H7Br2NO2S.C5H2Br2O2S.C3H7NO.CH3F.ClH/c1-4(12)3-11-8(13)6-2-5(9)7(10)14-6;6-2-1-3(5(8)9)10-4(2)7;1-3(5)2-4;1-2;/h2H,3H2,1H3,(H,11,13);1H,(H,8,9);2,4H2,1H3;1H3;1H/i;;;1D;. The van der Waals surface area contributed by atoms with Crippen LogP contribution in [-0.2, 0) is 9.59 Å². The number of hydrogen-bond acceptors (Lipinski definition) is 7. The fourth-order valence-electron chi connectivity index (χ4n) is 1.20. The molecule has 7 nitrogen and oxygen atoms in total. The quantitative estimate of drug-likeness (QED) is 0.337. The van der Waals surface area contributed by atoms with Gasteiger partial charge in [-0.25, -0.2) is 4.79 Å². The zero-order valence-corrected chi connectivity index (χ0v) is 25.3. The van der Waals surface area contributed by atoms with E-state index in [4.69, 9.17) is 12.2 Å². The first-order valence-corrected chi connectivity index (χ1v) is 12.6. The molecule has 0 aliphatic carbocycles. The van der Waals surface area contributed by atoms with Gasteiger partial charge in [-0.15, -0.1) is 35.1 Å². The highest BCUT2D eigenvalue weighted by atomic mass is 79.9. The number of nitrogens with one attached hydrogen (secondary N) is 1. The summed E-state index contributed by atoms with van der Waals surface area (Å²) < 4.78 is 18.8. The molecule has 0 bridgehead atoms. The van der Waals surface area contributed by atoms with Crippen molar-refractivity contribution in [2.45, 2.75) is 13.8 Å². The third-order valence-electron chi connectivity index (χ3n) is 2.51. The molecule has 32 heavy (non-hydrogen) atoms. The van der Waals surface area contributed by atoms with Crippen molar-refractivity contribution in [1.82, 2.24) is 5.32 Å². The minimum atomic E-state index is -1.00. The molecular formula is C17H20Br4ClFN2O5S2. The lowest BCUT2D eigenvalue weighted by Gasteiger charge is -1.98. The highest BCUT2D eigenvalue weighted by Gasteiger charge is 2.11. The Bertz CT molecular complexity index is 879. The number of hydrogen-bond donors (Lipinski definition) is 3. The molecule has 15 heteroatoms. The average Bonchev–Trinajstić information content (AvgIpc) is 3.23. The Morgan fingerprint density at radius 2 is 1.41 bits per heavy atom. The first kappa shape index (κ1) is 34.0. The number of halogens is 6. The summed E-state index contributed by atoms with van der Waals surface area (Å²) in [6.45, 7) is 3.13. The predicted octanol–water partition coefficient (Wildman–Crippen LogP) is 6.10. The third kappa shape index (κ3) is 16.4. The van der Waals surface area contributed by atoms with Crippen molar-refractivity contribution in [3.8, 4) is 0 Å². The molecule has 2 rings (SSSR count). The summed E-state index contributed by atoms with van der Waals surface area (Å²) in [5, 5.41) is 11.0. The second-order valence-electron chi connectivity index (χ2n) is 5.06. The van der Waals surface area contributed by atoms with Gasteiger partial charge in [0.2, 0.25) is 0 Å². The minimum absolute atomic E-state index is 0. The number of carboxylic acids is 1. The van der Waals surface area contributed by atoms with E-state index in [-0.39, 0.29) is 43.0 Å². The van der Waals surface area contributed by atoms with Gasteiger partial charge in [0.15, 0.2) is 0 Å². The number of amides is 1. The number of Topliss-reactive ketones (excluding diaryl/α,β-unsaturated/α-hetero) is 2. The Morgan fingerprint density at radius 3 is 1.62 bits per heavy atom. The Morgan fingerprint density at radius 1 is 1.03 bits per heavy atom. The molecule has 0 fully saturated rings. The van der Waals surface area contributed by atoms with E-state index in [0.29, 0.717) is 9.75 Å². The Balaban J connectivity index is -0.000000414. The highest BCUT2D eigenvalue weighted by molar-refractivity contribution is 9.13. The van der Waals surface area contributed by atoms with Crippen molar-refractivity contribution in [1.29, 1.82) is 0 Å². The molecule has 0 aliphatic heterocycles. The number of carbonyl (C=O) groups is 4. The molecule has 2 aromatic rings. The number of rotatable bonds is 5. The van der Waals surface area contributed by atoms with E-state index in [2.05, 4.69) is 69.0 Å². The zero-order valence-electron chi connectivity index (χ0n) is 17.5. The molecule has 0 atom stereocenters. The van der Waals surface area contributed by atoms with Gasteiger partial charge in [-0.2, -0.15) is 0 Å². The fraction of sp³-hybridized carbons (Fsp3) is 0.294. The molecule has 0 unspecified atom stereocenters. The Kier molecular flexibility index (Phi) is 21.4. The lowest BCUT2D eigenvalue weighted by molar-refractivity contribution is -0.116. The van der Waals surface area contributed by atoms with Crippen molar-refractivity contribution >= 4 is 122 Å². The molecule has 0 saturated heterocycles. The van der Waals surface area contributed by atoms with Crippen LogP contribution in [0.4, 0.5) is 4.39 Å². The van der Waals surface area contributed by atoms with Crippen LogP contribution in [-0.4, -0.2) is 48.8 Å². The smallest absolute Gasteiger partial charge is 0.345 e. The molecule has 0 radical (unpaired) electrons. The molecule has 0 saturated carbocycles. The van der Waals surface area contributed by atoms with Crippen LogP contribution in [0.5, 0.6) is 0 Å². The number of carboxylic acid groups (broad SMARTS) is 1. The molecule has 2 aromatic heterocycles. The van der Waals surface area contributed by atoms with Crippen LogP contribution in [0.3, 0.4) is 0 Å². The van der Waals surface area contributed by atoms with Gasteiger partial charge in [0.25, 0.3) is 5.91 Å². The SMILES string of the molecule is CC(=O)CN.CC(=O)CNC(=O)c1cc(Br)c(Br)s1.Cl.O=C(O)c1cc(Br)c(Br)s1.[2H]CF. The van der Waals surface area contributed by atoms with Gasteiger partial charge >= 0.3 is 5.97 Å². The molecule has 1 amide bonds.